The Hall–Kier alpha value is -1.52. The lowest BCUT2D eigenvalue weighted by Crippen LogP contribution is -2.40. The quantitative estimate of drug-likeness (QED) is 0.868. The van der Waals surface area contributed by atoms with E-state index in [0.717, 1.165) is 10.9 Å². The van der Waals surface area contributed by atoms with Crippen LogP contribution in [0.4, 0.5) is 0 Å². The molecular formula is C13H14ClNO3. The molecule has 1 atom stereocenters. The molecule has 0 amide bonds. The number of carbonyl (C=O) groups excluding carboxylic acids is 1. The number of ether oxygens (including phenoxy) is 1. The van der Waals surface area contributed by atoms with Gasteiger partial charge < -0.3 is 14.4 Å². The van der Waals surface area contributed by atoms with Crippen LogP contribution in [0.5, 0.6) is 0 Å². The number of benzene rings is 1. The standard InChI is InChI=1S/C13H14ClNO3/c1-13(17,12(16)18-2)8-15-6-5-9-3-4-10(14)7-11(9)15/h3-7,17H,8H2,1-2H3. The third-order valence-electron chi connectivity index (χ3n) is 2.84. The van der Waals surface area contributed by atoms with Crippen molar-refractivity contribution < 1.29 is 14.6 Å². The molecule has 0 saturated carbocycles. The average molecular weight is 268 g/mol. The van der Waals surface area contributed by atoms with E-state index in [2.05, 4.69) is 4.74 Å². The molecule has 5 heteroatoms. The highest BCUT2D eigenvalue weighted by atomic mass is 35.5. The van der Waals surface area contributed by atoms with Crippen LogP contribution in [-0.2, 0) is 16.1 Å². The number of rotatable bonds is 3. The predicted octanol–water partition coefficient (Wildman–Crippen LogP) is 2.22. The van der Waals surface area contributed by atoms with Gasteiger partial charge in [0, 0.05) is 16.7 Å². The van der Waals surface area contributed by atoms with Crippen LogP contribution in [0.3, 0.4) is 0 Å². The van der Waals surface area contributed by atoms with Crippen LogP contribution in [0.2, 0.25) is 5.02 Å². The van der Waals surface area contributed by atoms with Crippen LogP contribution < -0.4 is 0 Å². The minimum atomic E-state index is -1.57. The third-order valence-corrected chi connectivity index (χ3v) is 3.07. The van der Waals surface area contributed by atoms with Crippen LogP contribution in [0.25, 0.3) is 10.9 Å². The van der Waals surface area contributed by atoms with Crippen LogP contribution >= 0.6 is 11.6 Å². The number of aromatic nitrogens is 1. The summed E-state index contributed by atoms with van der Waals surface area (Å²) in [6, 6.07) is 7.39. The first-order valence-corrected chi connectivity index (χ1v) is 5.87. The number of esters is 1. The zero-order valence-electron chi connectivity index (χ0n) is 10.2. The van der Waals surface area contributed by atoms with E-state index in [1.54, 1.807) is 22.9 Å². The van der Waals surface area contributed by atoms with Crippen LogP contribution in [0, 0.1) is 0 Å². The van der Waals surface area contributed by atoms with E-state index < -0.39 is 11.6 Å². The molecule has 2 aromatic rings. The zero-order chi connectivity index (χ0) is 13.3. The number of hydrogen-bond acceptors (Lipinski definition) is 3. The third kappa shape index (κ3) is 2.35. The monoisotopic (exact) mass is 267 g/mol. The maximum atomic E-state index is 11.5. The van der Waals surface area contributed by atoms with Gasteiger partial charge in [-0.2, -0.15) is 0 Å². The van der Waals surface area contributed by atoms with Crippen molar-refractivity contribution in [3.63, 3.8) is 0 Å². The van der Waals surface area contributed by atoms with Gasteiger partial charge in [0.1, 0.15) is 0 Å². The van der Waals surface area contributed by atoms with Gasteiger partial charge in [-0.1, -0.05) is 17.7 Å². The lowest BCUT2D eigenvalue weighted by atomic mass is 10.1. The van der Waals surface area contributed by atoms with E-state index in [1.165, 1.54) is 14.0 Å². The average Bonchev–Trinajstić information content (AvgIpc) is 2.70. The Balaban J connectivity index is 2.37. The van der Waals surface area contributed by atoms with Gasteiger partial charge in [0.25, 0.3) is 0 Å². The van der Waals surface area contributed by atoms with Gasteiger partial charge in [0.15, 0.2) is 5.60 Å². The molecule has 0 spiro atoms. The first-order chi connectivity index (χ1) is 8.44. The minimum absolute atomic E-state index is 0.115. The second kappa shape index (κ2) is 4.63. The predicted molar refractivity (Wildman–Crippen MR) is 69.6 cm³/mol. The van der Waals surface area contributed by atoms with Gasteiger partial charge in [-0.25, -0.2) is 4.79 Å². The molecule has 1 unspecified atom stereocenters. The Labute approximate surface area is 110 Å². The maximum absolute atomic E-state index is 11.5. The van der Waals surface area contributed by atoms with Crippen molar-refractivity contribution in [3.8, 4) is 0 Å². The van der Waals surface area contributed by atoms with Crippen molar-refractivity contribution >= 4 is 28.5 Å². The Morgan fingerprint density at radius 1 is 1.50 bits per heavy atom. The molecule has 1 aromatic carbocycles. The van der Waals surface area contributed by atoms with E-state index in [9.17, 15) is 9.90 Å². The van der Waals surface area contributed by atoms with Gasteiger partial charge in [0.2, 0.25) is 0 Å². The molecule has 0 bridgehead atoms. The van der Waals surface area contributed by atoms with Crippen molar-refractivity contribution in [3.05, 3.63) is 35.5 Å². The summed E-state index contributed by atoms with van der Waals surface area (Å²) in [5.41, 5.74) is -0.699. The summed E-state index contributed by atoms with van der Waals surface area (Å²) in [5, 5.41) is 11.7. The second-order valence-electron chi connectivity index (χ2n) is 4.41. The number of methoxy groups -OCH3 is 1. The number of hydrogen-bond donors (Lipinski definition) is 1. The first-order valence-electron chi connectivity index (χ1n) is 5.49. The SMILES string of the molecule is COC(=O)C(C)(O)Cn1ccc2ccc(Cl)cc21. The first kappa shape index (κ1) is 12.9. The molecular weight excluding hydrogens is 254 g/mol. The highest BCUT2D eigenvalue weighted by molar-refractivity contribution is 6.31. The number of carbonyl (C=O) groups is 1. The topological polar surface area (TPSA) is 51.5 Å². The Kier molecular flexibility index (Phi) is 3.32. The van der Waals surface area contributed by atoms with E-state index in [4.69, 9.17) is 11.6 Å². The normalized spacial score (nSPS) is 14.4. The van der Waals surface area contributed by atoms with Crippen molar-refractivity contribution in [2.24, 2.45) is 0 Å². The molecule has 0 radical (unpaired) electrons. The van der Waals surface area contributed by atoms with Crippen LogP contribution in [0.1, 0.15) is 6.92 Å². The van der Waals surface area contributed by atoms with Crippen molar-refractivity contribution in [2.45, 2.75) is 19.1 Å². The molecule has 1 heterocycles. The number of nitrogens with zero attached hydrogens (tertiary/aromatic N) is 1. The van der Waals surface area contributed by atoms with Gasteiger partial charge in [-0.05, 0) is 30.5 Å². The van der Waals surface area contributed by atoms with Gasteiger partial charge >= 0.3 is 5.97 Å². The van der Waals surface area contributed by atoms with E-state index in [0.29, 0.717) is 5.02 Å². The number of fused-ring (bicyclic) bond motifs is 1. The fraction of sp³-hybridized carbons (Fsp3) is 0.308. The summed E-state index contributed by atoms with van der Waals surface area (Å²) < 4.78 is 6.35. The van der Waals surface area contributed by atoms with Crippen molar-refractivity contribution in [1.82, 2.24) is 4.57 Å². The molecule has 18 heavy (non-hydrogen) atoms. The van der Waals surface area contributed by atoms with Crippen LogP contribution in [0.15, 0.2) is 30.5 Å². The number of halogens is 1. The molecule has 0 aliphatic carbocycles. The zero-order valence-corrected chi connectivity index (χ0v) is 10.9. The largest absolute Gasteiger partial charge is 0.467 e. The van der Waals surface area contributed by atoms with E-state index >= 15 is 0 Å². The van der Waals surface area contributed by atoms with E-state index in [-0.39, 0.29) is 6.54 Å². The lowest BCUT2D eigenvalue weighted by Gasteiger charge is -2.21. The summed E-state index contributed by atoms with van der Waals surface area (Å²) in [7, 11) is 1.25. The molecule has 4 nitrogen and oxygen atoms in total. The van der Waals surface area contributed by atoms with Crippen molar-refractivity contribution in [2.75, 3.05) is 7.11 Å². The van der Waals surface area contributed by atoms with Crippen LogP contribution in [-0.4, -0.2) is 28.4 Å². The molecule has 0 fully saturated rings. The Bertz CT molecular complexity index is 589. The highest BCUT2D eigenvalue weighted by Gasteiger charge is 2.32. The fourth-order valence-corrected chi connectivity index (χ4v) is 2.08. The summed E-state index contributed by atoms with van der Waals surface area (Å²) in [6.07, 6.45) is 1.80. The Morgan fingerprint density at radius 2 is 2.22 bits per heavy atom. The molecule has 1 aromatic heterocycles. The van der Waals surface area contributed by atoms with Gasteiger partial charge in [-0.3, -0.25) is 0 Å². The molecule has 0 aliphatic heterocycles. The van der Waals surface area contributed by atoms with E-state index in [1.807, 2.05) is 12.1 Å². The molecule has 0 saturated heterocycles. The molecule has 96 valence electrons. The number of aliphatic hydroxyl groups is 1. The minimum Gasteiger partial charge on any atom is -0.467 e. The smallest absolute Gasteiger partial charge is 0.339 e. The molecule has 1 N–H and O–H groups in total. The summed E-state index contributed by atoms with van der Waals surface area (Å²) in [4.78, 5) is 11.5. The molecule has 2 rings (SSSR count). The highest BCUT2D eigenvalue weighted by Crippen LogP contribution is 2.22. The van der Waals surface area contributed by atoms with Crippen molar-refractivity contribution in [1.29, 1.82) is 0 Å². The van der Waals surface area contributed by atoms with Gasteiger partial charge in [0.05, 0.1) is 13.7 Å². The Morgan fingerprint density at radius 3 is 2.89 bits per heavy atom. The second-order valence-corrected chi connectivity index (χ2v) is 4.85. The fourth-order valence-electron chi connectivity index (χ4n) is 1.91. The van der Waals surface area contributed by atoms with Gasteiger partial charge in [-0.15, -0.1) is 0 Å². The molecule has 0 aliphatic rings. The summed E-state index contributed by atoms with van der Waals surface area (Å²) in [6.45, 7) is 1.54. The maximum Gasteiger partial charge on any atom is 0.339 e. The summed E-state index contributed by atoms with van der Waals surface area (Å²) >= 11 is 5.94. The summed E-state index contributed by atoms with van der Waals surface area (Å²) in [5.74, 6) is -0.661. The lowest BCUT2D eigenvalue weighted by molar-refractivity contribution is -0.161.